The van der Waals surface area contributed by atoms with Crippen molar-refractivity contribution in [3.63, 3.8) is 0 Å². The van der Waals surface area contributed by atoms with Gasteiger partial charge in [0.05, 0.1) is 6.10 Å². The number of hydrogen-bond acceptors (Lipinski definition) is 1. The van der Waals surface area contributed by atoms with Gasteiger partial charge in [-0.3, -0.25) is 0 Å². The van der Waals surface area contributed by atoms with Crippen LogP contribution < -0.4 is 0 Å². The standard InChI is InChI=1S/C15H28O/c1-6-13(4)8-7-9-14(5)10-11-15(16)12(2)3/h6,9,12,15-16H,7-8,10-11H2,1-5H3/b13-6+,14-9-/t15-/m1/s1. The van der Waals surface area contributed by atoms with E-state index in [1.165, 1.54) is 11.1 Å². The fourth-order valence-electron chi connectivity index (χ4n) is 1.50. The van der Waals surface area contributed by atoms with Gasteiger partial charge in [-0.05, 0) is 52.4 Å². The quantitative estimate of drug-likeness (QED) is 0.632. The van der Waals surface area contributed by atoms with Gasteiger partial charge in [-0.15, -0.1) is 0 Å². The van der Waals surface area contributed by atoms with Crippen molar-refractivity contribution in [2.75, 3.05) is 0 Å². The molecule has 0 radical (unpaired) electrons. The van der Waals surface area contributed by atoms with Crippen molar-refractivity contribution in [2.45, 2.75) is 66.4 Å². The van der Waals surface area contributed by atoms with Crippen LogP contribution in [0.2, 0.25) is 0 Å². The second kappa shape index (κ2) is 8.58. The Morgan fingerprint density at radius 3 is 2.25 bits per heavy atom. The Bertz CT molecular complexity index is 236. The third-order valence-electron chi connectivity index (χ3n) is 3.13. The van der Waals surface area contributed by atoms with Crippen LogP contribution in [0.3, 0.4) is 0 Å². The summed E-state index contributed by atoms with van der Waals surface area (Å²) in [7, 11) is 0. The van der Waals surface area contributed by atoms with Crippen molar-refractivity contribution in [3.8, 4) is 0 Å². The molecule has 0 aromatic rings. The summed E-state index contributed by atoms with van der Waals surface area (Å²) in [6, 6.07) is 0. The molecule has 0 saturated heterocycles. The minimum Gasteiger partial charge on any atom is -0.393 e. The predicted octanol–water partition coefficient (Wildman–Crippen LogP) is 4.48. The molecule has 0 rings (SSSR count). The Hall–Kier alpha value is -0.560. The molecule has 0 unspecified atom stereocenters. The molecule has 1 N–H and O–H groups in total. The van der Waals surface area contributed by atoms with Crippen molar-refractivity contribution >= 4 is 0 Å². The summed E-state index contributed by atoms with van der Waals surface area (Å²) in [5.74, 6) is 0.373. The molecule has 0 bridgehead atoms. The molecule has 1 heteroatoms. The number of hydrogen-bond donors (Lipinski definition) is 1. The molecule has 0 heterocycles. The summed E-state index contributed by atoms with van der Waals surface area (Å²) in [6.07, 6.45) is 8.52. The van der Waals surface area contributed by atoms with Crippen molar-refractivity contribution in [1.82, 2.24) is 0 Å². The maximum atomic E-state index is 9.69. The summed E-state index contributed by atoms with van der Waals surface area (Å²) in [6.45, 7) is 10.6. The van der Waals surface area contributed by atoms with E-state index in [-0.39, 0.29) is 6.10 Å². The third-order valence-corrected chi connectivity index (χ3v) is 3.13. The van der Waals surface area contributed by atoms with Gasteiger partial charge in [0, 0.05) is 0 Å². The second-order valence-electron chi connectivity index (χ2n) is 5.07. The first-order valence-electron chi connectivity index (χ1n) is 6.42. The van der Waals surface area contributed by atoms with Crippen LogP contribution in [0, 0.1) is 5.92 Å². The van der Waals surface area contributed by atoms with E-state index < -0.39 is 0 Å². The fraction of sp³-hybridized carbons (Fsp3) is 0.733. The number of aliphatic hydroxyl groups excluding tert-OH is 1. The van der Waals surface area contributed by atoms with E-state index in [2.05, 4.69) is 46.8 Å². The average molecular weight is 224 g/mol. The zero-order chi connectivity index (χ0) is 12.6. The van der Waals surface area contributed by atoms with Crippen LogP contribution in [0.1, 0.15) is 60.3 Å². The Balaban J connectivity index is 3.79. The lowest BCUT2D eigenvalue weighted by atomic mass is 9.99. The van der Waals surface area contributed by atoms with Crippen molar-refractivity contribution < 1.29 is 5.11 Å². The van der Waals surface area contributed by atoms with Crippen LogP contribution in [-0.2, 0) is 0 Å². The lowest BCUT2D eigenvalue weighted by Gasteiger charge is -2.14. The molecule has 0 aliphatic heterocycles. The fourth-order valence-corrected chi connectivity index (χ4v) is 1.50. The highest BCUT2D eigenvalue weighted by molar-refractivity contribution is 5.02. The largest absolute Gasteiger partial charge is 0.393 e. The van der Waals surface area contributed by atoms with Crippen molar-refractivity contribution in [2.24, 2.45) is 5.92 Å². The topological polar surface area (TPSA) is 20.2 Å². The monoisotopic (exact) mass is 224 g/mol. The zero-order valence-electron chi connectivity index (χ0n) is 11.6. The lowest BCUT2D eigenvalue weighted by Crippen LogP contribution is -2.14. The van der Waals surface area contributed by atoms with Crippen LogP contribution in [0.5, 0.6) is 0 Å². The van der Waals surface area contributed by atoms with Crippen molar-refractivity contribution in [1.29, 1.82) is 0 Å². The van der Waals surface area contributed by atoms with E-state index in [1.807, 2.05) is 0 Å². The third kappa shape index (κ3) is 7.70. The average Bonchev–Trinajstić information content (AvgIpc) is 2.25. The van der Waals surface area contributed by atoms with E-state index in [9.17, 15) is 5.11 Å². The van der Waals surface area contributed by atoms with Crippen LogP contribution in [0.15, 0.2) is 23.3 Å². The Morgan fingerprint density at radius 1 is 1.12 bits per heavy atom. The highest BCUT2D eigenvalue weighted by atomic mass is 16.3. The first-order valence-corrected chi connectivity index (χ1v) is 6.42. The molecule has 0 aromatic carbocycles. The van der Waals surface area contributed by atoms with Gasteiger partial charge in [0.1, 0.15) is 0 Å². The van der Waals surface area contributed by atoms with Gasteiger partial charge in [0.15, 0.2) is 0 Å². The molecular formula is C15H28O. The van der Waals surface area contributed by atoms with Gasteiger partial charge >= 0.3 is 0 Å². The highest BCUT2D eigenvalue weighted by Gasteiger charge is 2.08. The molecule has 0 aliphatic rings. The van der Waals surface area contributed by atoms with Gasteiger partial charge in [0.25, 0.3) is 0 Å². The molecule has 0 fully saturated rings. The Labute approximate surface area is 101 Å². The zero-order valence-corrected chi connectivity index (χ0v) is 11.6. The van der Waals surface area contributed by atoms with E-state index >= 15 is 0 Å². The first-order chi connectivity index (χ1) is 7.47. The summed E-state index contributed by atoms with van der Waals surface area (Å²) in [4.78, 5) is 0. The predicted molar refractivity (Wildman–Crippen MR) is 72.5 cm³/mol. The summed E-state index contributed by atoms with van der Waals surface area (Å²) < 4.78 is 0. The molecule has 0 spiro atoms. The molecule has 0 saturated carbocycles. The maximum absolute atomic E-state index is 9.69. The molecule has 1 nitrogen and oxygen atoms in total. The van der Waals surface area contributed by atoms with Gasteiger partial charge in [-0.2, -0.15) is 0 Å². The van der Waals surface area contributed by atoms with Crippen LogP contribution >= 0.6 is 0 Å². The summed E-state index contributed by atoms with van der Waals surface area (Å²) in [5.41, 5.74) is 2.86. The number of rotatable bonds is 7. The van der Waals surface area contributed by atoms with Gasteiger partial charge in [-0.1, -0.05) is 37.1 Å². The minimum absolute atomic E-state index is 0.152. The Morgan fingerprint density at radius 2 is 1.75 bits per heavy atom. The van der Waals surface area contributed by atoms with Gasteiger partial charge < -0.3 is 5.11 Å². The highest BCUT2D eigenvalue weighted by Crippen LogP contribution is 2.14. The summed E-state index contributed by atoms with van der Waals surface area (Å²) >= 11 is 0. The Kier molecular flexibility index (Phi) is 8.28. The van der Waals surface area contributed by atoms with Crippen LogP contribution in [-0.4, -0.2) is 11.2 Å². The normalized spacial score (nSPS) is 15.7. The molecule has 0 aromatic heterocycles. The SMILES string of the molecule is C/C=C(\C)CC/C=C(/C)CC[C@@H](O)C(C)C. The van der Waals surface area contributed by atoms with Crippen molar-refractivity contribution in [3.05, 3.63) is 23.3 Å². The number of aliphatic hydroxyl groups is 1. The smallest absolute Gasteiger partial charge is 0.0566 e. The maximum Gasteiger partial charge on any atom is 0.0566 e. The molecule has 16 heavy (non-hydrogen) atoms. The van der Waals surface area contributed by atoms with E-state index in [1.54, 1.807) is 0 Å². The summed E-state index contributed by atoms with van der Waals surface area (Å²) in [5, 5.41) is 9.69. The van der Waals surface area contributed by atoms with Gasteiger partial charge in [0.2, 0.25) is 0 Å². The van der Waals surface area contributed by atoms with E-state index in [4.69, 9.17) is 0 Å². The first kappa shape index (κ1) is 15.4. The van der Waals surface area contributed by atoms with E-state index in [0.29, 0.717) is 5.92 Å². The minimum atomic E-state index is -0.152. The van der Waals surface area contributed by atoms with Crippen LogP contribution in [0.4, 0.5) is 0 Å². The van der Waals surface area contributed by atoms with Gasteiger partial charge in [-0.25, -0.2) is 0 Å². The molecule has 0 aliphatic carbocycles. The molecule has 94 valence electrons. The number of allylic oxidation sites excluding steroid dienone is 4. The second-order valence-corrected chi connectivity index (χ2v) is 5.07. The lowest BCUT2D eigenvalue weighted by molar-refractivity contribution is 0.116. The molecule has 1 atom stereocenters. The molecule has 0 amide bonds. The van der Waals surface area contributed by atoms with E-state index in [0.717, 1.165) is 25.7 Å². The van der Waals surface area contributed by atoms with Crippen LogP contribution in [0.25, 0.3) is 0 Å². The molecular weight excluding hydrogens is 196 g/mol.